The minimum atomic E-state index is -0.158. The Balaban J connectivity index is 1.76. The van der Waals surface area contributed by atoms with E-state index in [1.165, 1.54) is 0 Å². The summed E-state index contributed by atoms with van der Waals surface area (Å²) in [6.45, 7) is 7.16. The van der Waals surface area contributed by atoms with Gasteiger partial charge in [-0.2, -0.15) is 0 Å². The molecule has 0 amide bonds. The fraction of sp³-hybridized carbons (Fsp3) is 0.733. The molecule has 0 bridgehead atoms. The SMILES string of the molecule is CCOC(=O)CCc1csc(NCC2(C)CCOCC2)n1. The molecular weight excluding hydrogens is 288 g/mol. The van der Waals surface area contributed by atoms with Crippen molar-refractivity contribution in [3.8, 4) is 0 Å². The number of thiazole rings is 1. The van der Waals surface area contributed by atoms with Crippen LogP contribution in [-0.2, 0) is 20.7 Å². The van der Waals surface area contributed by atoms with Crippen molar-refractivity contribution in [2.45, 2.75) is 39.5 Å². The number of nitrogens with zero attached hydrogens (tertiary/aromatic N) is 1. The second kappa shape index (κ2) is 7.75. The summed E-state index contributed by atoms with van der Waals surface area (Å²) in [5, 5.41) is 6.36. The summed E-state index contributed by atoms with van der Waals surface area (Å²) in [6.07, 6.45) is 3.20. The minimum Gasteiger partial charge on any atom is -0.466 e. The Labute approximate surface area is 130 Å². The first kappa shape index (κ1) is 16.2. The Bertz CT molecular complexity index is 456. The number of nitrogens with one attached hydrogen (secondary N) is 1. The molecule has 1 saturated heterocycles. The highest BCUT2D eigenvalue weighted by Crippen LogP contribution is 2.30. The molecule has 1 aliphatic heterocycles. The van der Waals surface area contributed by atoms with Crippen molar-refractivity contribution in [1.82, 2.24) is 4.98 Å². The molecule has 1 aromatic rings. The van der Waals surface area contributed by atoms with Gasteiger partial charge in [-0.1, -0.05) is 6.92 Å². The summed E-state index contributed by atoms with van der Waals surface area (Å²) in [5.41, 5.74) is 1.24. The van der Waals surface area contributed by atoms with Crippen LogP contribution in [0, 0.1) is 5.41 Å². The molecule has 5 nitrogen and oxygen atoms in total. The number of hydrogen-bond donors (Lipinski definition) is 1. The van der Waals surface area contributed by atoms with E-state index in [1.807, 2.05) is 12.3 Å². The van der Waals surface area contributed by atoms with Gasteiger partial charge in [0.2, 0.25) is 0 Å². The molecule has 1 aliphatic rings. The highest BCUT2D eigenvalue weighted by Gasteiger charge is 2.27. The van der Waals surface area contributed by atoms with Gasteiger partial charge in [-0.25, -0.2) is 4.98 Å². The van der Waals surface area contributed by atoms with Gasteiger partial charge in [-0.05, 0) is 25.2 Å². The molecule has 0 aliphatic carbocycles. The molecule has 1 N–H and O–H groups in total. The van der Waals surface area contributed by atoms with Crippen molar-refractivity contribution in [2.75, 3.05) is 31.7 Å². The predicted octanol–water partition coefficient (Wildman–Crippen LogP) is 2.87. The molecule has 2 heterocycles. The van der Waals surface area contributed by atoms with Crippen LogP contribution in [0.25, 0.3) is 0 Å². The maximum atomic E-state index is 11.3. The first-order valence-corrected chi connectivity index (χ1v) is 8.41. The van der Waals surface area contributed by atoms with Gasteiger partial charge in [0.25, 0.3) is 0 Å². The molecule has 0 aromatic carbocycles. The average Bonchev–Trinajstić information content (AvgIpc) is 2.92. The first-order valence-electron chi connectivity index (χ1n) is 7.53. The van der Waals surface area contributed by atoms with Gasteiger partial charge in [-0.3, -0.25) is 4.79 Å². The van der Waals surface area contributed by atoms with Crippen molar-refractivity contribution in [3.63, 3.8) is 0 Å². The molecule has 0 radical (unpaired) electrons. The van der Waals surface area contributed by atoms with Gasteiger partial charge in [0, 0.05) is 31.6 Å². The fourth-order valence-electron chi connectivity index (χ4n) is 2.30. The molecule has 1 aromatic heterocycles. The maximum Gasteiger partial charge on any atom is 0.306 e. The van der Waals surface area contributed by atoms with Gasteiger partial charge in [-0.15, -0.1) is 11.3 Å². The monoisotopic (exact) mass is 312 g/mol. The second-order valence-electron chi connectivity index (χ2n) is 5.73. The predicted molar refractivity (Wildman–Crippen MR) is 83.7 cm³/mol. The van der Waals surface area contributed by atoms with E-state index in [4.69, 9.17) is 9.47 Å². The highest BCUT2D eigenvalue weighted by atomic mass is 32.1. The van der Waals surface area contributed by atoms with E-state index in [-0.39, 0.29) is 11.4 Å². The third kappa shape index (κ3) is 5.28. The lowest BCUT2D eigenvalue weighted by Crippen LogP contribution is -2.33. The lowest BCUT2D eigenvalue weighted by atomic mass is 9.82. The Kier molecular flexibility index (Phi) is 5.99. The van der Waals surface area contributed by atoms with Crippen molar-refractivity contribution >= 4 is 22.4 Å². The van der Waals surface area contributed by atoms with Crippen molar-refractivity contribution in [3.05, 3.63) is 11.1 Å². The quantitative estimate of drug-likeness (QED) is 0.785. The summed E-state index contributed by atoms with van der Waals surface area (Å²) in [5.74, 6) is -0.158. The number of carbonyl (C=O) groups is 1. The molecule has 0 saturated carbocycles. The number of rotatable bonds is 7. The second-order valence-corrected chi connectivity index (χ2v) is 6.58. The van der Waals surface area contributed by atoms with Crippen LogP contribution in [0.3, 0.4) is 0 Å². The number of esters is 1. The standard InChI is InChI=1S/C15H24N2O3S/c1-3-20-13(18)5-4-12-10-21-14(17-12)16-11-15(2)6-8-19-9-7-15/h10H,3-9,11H2,1-2H3,(H,16,17). The average molecular weight is 312 g/mol. The zero-order valence-corrected chi connectivity index (χ0v) is 13.6. The van der Waals surface area contributed by atoms with E-state index >= 15 is 0 Å². The van der Waals surface area contributed by atoms with Crippen LogP contribution >= 0.6 is 11.3 Å². The lowest BCUT2D eigenvalue weighted by Gasteiger charge is -2.33. The zero-order chi connectivity index (χ0) is 15.1. The summed E-state index contributed by atoms with van der Waals surface area (Å²) >= 11 is 1.60. The number of carbonyl (C=O) groups excluding carboxylic acids is 1. The van der Waals surface area contributed by atoms with E-state index in [0.717, 1.165) is 43.4 Å². The van der Waals surface area contributed by atoms with Crippen molar-refractivity contribution < 1.29 is 14.3 Å². The third-order valence-electron chi connectivity index (χ3n) is 3.81. The topological polar surface area (TPSA) is 60.5 Å². The molecule has 6 heteroatoms. The van der Waals surface area contributed by atoms with E-state index < -0.39 is 0 Å². The van der Waals surface area contributed by atoms with Gasteiger partial charge in [0.15, 0.2) is 5.13 Å². The summed E-state index contributed by atoms with van der Waals surface area (Å²) in [4.78, 5) is 15.8. The van der Waals surface area contributed by atoms with Crippen LogP contribution in [0.4, 0.5) is 5.13 Å². The normalized spacial score (nSPS) is 17.4. The number of anilines is 1. The van der Waals surface area contributed by atoms with E-state index in [1.54, 1.807) is 11.3 Å². The summed E-state index contributed by atoms with van der Waals surface area (Å²) in [6, 6.07) is 0. The van der Waals surface area contributed by atoms with Gasteiger partial charge in [0.05, 0.1) is 18.7 Å². The Hall–Kier alpha value is -1.14. The van der Waals surface area contributed by atoms with Crippen LogP contribution in [0.1, 0.15) is 38.8 Å². The first-order chi connectivity index (χ1) is 10.1. The molecule has 0 spiro atoms. The van der Waals surface area contributed by atoms with Crippen molar-refractivity contribution in [1.29, 1.82) is 0 Å². The van der Waals surface area contributed by atoms with Gasteiger partial charge in [0.1, 0.15) is 0 Å². The summed E-state index contributed by atoms with van der Waals surface area (Å²) < 4.78 is 10.3. The molecule has 2 rings (SSSR count). The van der Waals surface area contributed by atoms with Gasteiger partial charge < -0.3 is 14.8 Å². The molecule has 118 valence electrons. The van der Waals surface area contributed by atoms with Crippen LogP contribution in [-0.4, -0.2) is 37.3 Å². The molecule has 0 atom stereocenters. The minimum absolute atomic E-state index is 0.158. The molecular formula is C15H24N2O3S. The molecule has 0 unspecified atom stereocenters. The molecule has 1 fully saturated rings. The number of ether oxygens (including phenoxy) is 2. The number of aromatic nitrogens is 1. The molecule has 21 heavy (non-hydrogen) atoms. The zero-order valence-electron chi connectivity index (χ0n) is 12.8. The smallest absolute Gasteiger partial charge is 0.306 e. The fourth-order valence-corrected chi connectivity index (χ4v) is 3.04. The van der Waals surface area contributed by atoms with Crippen LogP contribution < -0.4 is 5.32 Å². The third-order valence-corrected chi connectivity index (χ3v) is 4.66. The highest BCUT2D eigenvalue weighted by molar-refractivity contribution is 7.13. The Morgan fingerprint density at radius 1 is 1.52 bits per heavy atom. The van der Waals surface area contributed by atoms with Gasteiger partial charge >= 0.3 is 5.97 Å². The van der Waals surface area contributed by atoms with Crippen LogP contribution in [0.2, 0.25) is 0 Å². The maximum absolute atomic E-state index is 11.3. The lowest BCUT2D eigenvalue weighted by molar-refractivity contribution is -0.143. The Morgan fingerprint density at radius 3 is 3.00 bits per heavy atom. The number of aryl methyl sites for hydroxylation is 1. The largest absolute Gasteiger partial charge is 0.466 e. The van der Waals surface area contributed by atoms with E-state index in [9.17, 15) is 4.79 Å². The van der Waals surface area contributed by atoms with Crippen molar-refractivity contribution in [2.24, 2.45) is 5.41 Å². The van der Waals surface area contributed by atoms with E-state index in [0.29, 0.717) is 19.4 Å². The summed E-state index contributed by atoms with van der Waals surface area (Å²) in [7, 11) is 0. The van der Waals surface area contributed by atoms with Crippen LogP contribution in [0.15, 0.2) is 5.38 Å². The Morgan fingerprint density at radius 2 is 2.29 bits per heavy atom. The van der Waals surface area contributed by atoms with E-state index in [2.05, 4.69) is 17.2 Å². The number of hydrogen-bond acceptors (Lipinski definition) is 6. The van der Waals surface area contributed by atoms with Crippen LogP contribution in [0.5, 0.6) is 0 Å².